The van der Waals surface area contributed by atoms with Gasteiger partial charge in [-0.1, -0.05) is 29.8 Å². The zero-order chi connectivity index (χ0) is 13.0. The first-order chi connectivity index (χ1) is 8.66. The Bertz CT molecular complexity index is 525. The maximum absolute atomic E-state index is 11.9. The van der Waals surface area contributed by atoms with Gasteiger partial charge in [-0.25, -0.2) is 4.98 Å². The minimum atomic E-state index is -0.128. The van der Waals surface area contributed by atoms with Gasteiger partial charge < -0.3 is 5.32 Å². The molecule has 1 aromatic heterocycles. The number of benzene rings is 1. The van der Waals surface area contributed by atoms with Crippen LogP contribution in [0.1, 0.15) is 5.56 Å². The lowest BCUT2D eigenvalue weighted by atomic mass is 10.1. The largest absolute Gasteiger partial charge is 0.323 e. The van der Waals surface area contributed by atoms with E-state index >= 15 is 0 Å². The molecule has 2 rings (SSSR count). The number of carbonyl (C=O) groups is 1. The van der Waals surface area contributed by atoms with Crippen molar-refractivity contribution in [1.29, 1.82) is 0 Å². The van der Waals surface area contributed by atoms with Crippen molar-refractivity contribution in [3.63, 3.8) is 0 Å². The predicted octanol–water partition coefficient (Wildman–Crippen LogP) is 3.68. The van der Waals surface area contributed by atoms with Gasteiger partial charge in [0.2, 0.25) is 5.91 Å². The molecule has 0 fully saturated rings. The third kappa shape index (κ3) is 3.31. The number of anilines is 1. The number of nitrogens with one attached hydrogen (secondary N) is 1. The van der Waals surface area contributed by atoms with E-state index in [-0.39, 0.29) is 12.3 Å². The highest BCUT2D eigenvalue weighted by Gasteiger charge is 2.08. The van der Waals surface area contributed by atoms with Crippen molar-refractivity contribution in [2.24, 2.45) is 0 Å². The molecule has 0 bridgehead atoms. The van der Waals surface area contributed by atoms with Crippen LogP contribution < -0.4 is 5.32 Å². The second kappa shape index (κ2) is 5.98. The van der Waals surface area contributed by atoms with E-state index in [2.05, 4.69) is 26.2 Å². The molecule has 3 nitrogen and oxygen atoms in total. The molecule has 0 saturated carbocycles. The van der Waals surface area contributed by atoms with Crippen LogP contribution in [0, 0.1) is 0 Å². The van der Waals surface area contributed by atoms with E-state index in [4.69, 9.17) is 11.6 Å². The first-order valence-electron chi connectivity index (χ1n) is 5.30. The van der Waals surface area contributed by atoms with E-state index in [1.165, 1.54) is 0 Å². The van der Waals surface area contributed by atoms with Gasteiger partial charge in [0.05, 0.1) is 12.1 Å². The molecule has 92 valence electrons. The van der Waals surface area contributed by atoms with Crippen molar-refractivity contribution in [1.82, 2.24) is 4.98 Å². The van der Waals surface area contributed by atoms with Crippen molar-refractivity contribution in [2.45, 2.75) is 6.42 Å². The van der Waals surface area contributed by atoms with Gasteiger partial charge >= 0.3 is 0 Å². The lowest BCUT2D eigenvalue weighted by Gasteiger charge is -2.07. The summed E-state index contributed by atoms with van der Waals surface area (Å²) in [4.78, 5) is 15.9. The number of aromatic nitrogens is 1. The fourth-order valence-electron chi connectivity index (χ4n) is 1.49. The first kappa shape index (κ1) is 13.1. The standard InChI is InChI=1S/C13H10BrClN2O/c14-13-11(6-3-7-16-13)17-12(18)8-9-4-1-2-5-10(9)15/h1-7H,8H2,(H,17,18). The molecule has 0 saturated heterocycles. The van der Waals surface area contributed by atoms with E-state index in [0.717, 1.165) is 5.56 Å². The molecule has 5 heteroatoms. The van der Waals surface area contributed by atoms with Crippen molar-refractivity contribution >= 4 is 39.1 Å². The molecule has 0 spiro atoms. The number of pyridine rings is 1. The molecule has 1 N–H and O–H groups in total. The van der Waals surface area contributed by atoms with Gasteiger partial charge in [-0.2, -0.15) is 0 Å². The molecule has 2 aromatic rings. The molecule has 18 heavy (non-hydrogen) atoms. The highest BCUT2D eigenvalue weighted by molar-refractivity contribution is 9.10. The zero-order valence-corrected chi connectivity index (χ0v) is 11.7. The van der Waals surface area contributed by atoms with Crippen LogP contribution in [0.25, 0.3) is 0 Å². The lowest BCUT2D eigenvalue weighted by molar-refractivity contribution is -0.115. The molecule has 1 heterocycles. The van der Waals surface area contributed by atoms with Crippen LogP contribution in [0.15, 0.2) is 47.2 Å². The minimum Gasteiger partial charge on any atom is -0.323 e. The second-order valence-corrected chi connectivity index (χ2v) is 4.82. The summed E-state index contributed by atoms with van der Waals surface area (Å²) >= 11 is 9.27. The smallest absolute Gasteiger partial charge is 0.228 e. The van der Waals surface area contributed by atoms with E-state index in [0.29, 0.717) is 15.3 Å². The fourth-order valence-corrected chi connectivity index (χ4v) is 2.04. The molecule has 0 aliphatic rings. The van der Waals surface area contributed by atoms with Crippen LogP contribution in [-0.4, -0.2) is 10.9 Å². The summed E-state index contributed by atoms with van der Waals surface area (Å²) in [6, 6.07) is 10.8. The van der Waals surface area contributed by atoms with Crippen LogP contribution in [0.4, 0.5) is 5.69 Å². The Hall–Kier alpha value is -1.39. The summed E-state index contributed by atoms with van der Waals surface area (Å²) in [6.45, 7) is 0. The number of carbonyl (C=O) groups excluding carboxylic acids is 1. The average molecular weight is 326 g/mol. The summed E-state index contributed by atoms with van der Waals surface area (Å²) in [5.74, 6) is -0.128. The summed E-state index contributed by atoms with van der Waals surface area (Å²) in [6.07, 6.45) is 1.88. The molecular formula is C13H10BrClN2O. The number of nitrogens with zero attached hydrogens (tertiary/aromatic N) is 1. The van der Waals surface area contributed by atoms with Gasteiger partial charge in [0.1, 0.15) is 4.60 Å². The van der Waals surface area contributed by atoms with Crippen LogP contribution in [0.3, 0.4) is 0 Å². The van der Waals surface area contributed by atoms with E-state index in [1.54, 1.807) is 24.4 Å². The number of hydrogen-bond acceptors (Lipinski definition) is 2. The van der Waals surface area contributed by atoms with Crippen LogP contribution >= 0.6 is 27.5 Å². The van der Waals surface area contributed by atoms with Crippen LogP contribution in [0.5, 0.6) is 0 Å². The highest BCUT2D eigenvalue weighted by Crippen LogP contribution is 2.20. The van der Waals surface area contributed by atoms with Crippen molar-refractivity contribution < 1.29 is 4.79 Å². The van der Waals surface area contributed by atoms with Crippen LogP contribution in [-0.2, 0) is 11.2 Å². The van der Waals surface area contributed by atoms with E-state index in [1.807, 2.05) is 18.2 Å². The monoisotopic (exact) mass is 324 g/mol. The normalized spacial score (nSPS) is 10.1. The number of amides is 1. The minimum absolute atomic E-state index is 0.128. The van der Waals surface area contributed by atoms with Gasteiger partial charge in [-0.15, -0.1) is 0 Å². The SMILES string of the molecule is O=C(Cc1ccccc1Cl)Nc1cccnc1Br. The third-order valence-electron chi connectivity index (χ3n) is 2.34. The quantitative estimate of drug-likeness (QED) is 0.875. The Balaban J connectivity index is 2.06. The van der Waals surface area contributed by atoms with Gasteiger partial charge in [0, 0.05) is 11.2 Å². The molecule has 1 amide bonds. The molecule has 0 atom stereocenters. The Labute approximate surface area is 118 Å². The Morgan fingerprint density at radius 2 is 2.06 bits per heavy atom. The lowest BCUT2D eigenvalue weighted by Crippen LogP contribution is -2.15. The van der Waals surface area contributed by atoms with Crippen molar-refractivity contribution in [3.8, 4) is 0 Å². The summed E-state index contributed by atoms with van der Waals surface area (Å²) in [5, 5.41) is 3.37. The van der Waals surface area contributed by atoms with Gasteiger partial charge in [-0.05, 0) is 39.7 Å². The topological polar surface area (TPSA) is 42.0 Å². The van der Waals surface area contributed by atoms with E-state index < -0.39 is 0 Å². The van der Waals surface area contributed by atoms with Gasteiger partial charge in [-0.3, -0.25) is 4.79 Å². The number of rotatable bonds is 3. The summed E-state index contributed by atoms with van der Waals surface area (Å²) in [5.41, 5.74) is 1.45. The predicted molar refractivity (Wildman–Crippen MR) is 75.7 cm³/mol. The van der Waals surface area contributed by atoms with E-state index in [9.17, 15) is 4.79 Å². The summed E-state index contributed by atoms with van der Waals surface area (Å²) in [7, 11) is 0. The fraction of sp³-hybridized carbons (Fsp3) is 0.0769. The average Bonchev–Trinajstić information content (AvgIpc) is 2.35. The highest BCUT2D eigenvalue weighted by atomic mass is 79.9. The molecule has 1 aromatic carbocycles. The zero-order valence-electron chi connectivity index (χ0n) is 9.36. The Kier molecular flexibility index (Phi) is 4.33. The van der Waals surface area contributed by atoms with Gasteiger partial charge in [0.25, 0.3) is 0 Å². The maximum atomic E-state index is 11.9. The second-order valence-electron chi connectivity index (χ2n) is 3.66. The number of hydrogen-bond donors (Lipinski definition) is 1. The molecule has 0 radical (unpaired) electrons. The molecule has 0 aliphatic carbocycles. The van der Waals surface area contributed by atoms with Gasteiger partial charge in [0.15, 0.2) is 0 Å². The molecular weight excluding hydrogens is 316 g/mol. The number of halogens is 2. The van der Waals surface area contributed by atoms with Crippen molar-refractivity contribution in [2.75, 3.05) is 5.32 Å². The molecule has 0 aliphatic heterocycles. The molecule has 0 unspecified atom stereocenters. The Morgan fingerprint density at radius 3 is 2.78 bits per heavy atom. The summed E-state index contributed by atoms with van der Waals surface area (Å²) < 4.78 is 0.609. The third-order valence-corrected chi connectivity index (χ3v) is 3.34. The maximum Gasteiger partial charge on any atom is 0.228 e. The van der Waals surface area contributed by atoms with Crippen LogP contribution in [0.2, 0.25) is 5.02 Å². The van der Waals surface area contributed by atoms with Crippen molar-refractivity contribution in [3.05, 3.63) is 57.8 Å². The first-order valence-corrected chi connectivity index (χ1v) is 6.47. The Morgan fingerprint density at radius 1 is 1.28 bits per heavy atom.